The van der Waals surface area contributed by atoms with Crippen LogP contribution in [0.1, 0.15) is 22.3 Å². The van der Waals surface area contributed by atoms with Crippen LogP contribution >= 0.6 is 0 Å². The van der Waals surface area contributed by atoms with Gasteiger partial charge in [0.1, 0.15) is 11.6 Å². The minimum atomic E-state index is -0.337. The molecule has 0 spiro atoms. The molecule has 0 radical (unpaired) electrons. The molecular formula is C15H14N2O. The fraction of sp³-hybridized carbons (Fsp3) is 0.200. The summed E-state index contributed by atoms with van der Waals surface area (Å²) in [4.78, 5) is 14.5. The van der Waals surface area contributed by atoms with E-state index in [1.54, 1.807) is 6.07 Å². The largest absolute Gasteiger partial charge is 0.321 e. The van der Waals surface area contributed by atoms with Crippen LogP contribution in [0.4, 0.5) is 0 Å². The maximum Gasteiger partial charge on any atom is 0.266 e. The van der Waals surface area contributed by atoms with Gasteiger partial charge in [-0.15, -0.1) is 0 Å². The lowest BCUT2D eigenvalue weighted by Crippen LogP contribution is -2.12. The summed E-state index contributed by atoms with van der Waals surface area (Å²) in [5.41, 5.74) is 4.86. The predicted octanol–water partition coefficient (Wildman–Crippen LogP) is 2.84. The van der Waals surface area contributed by atoms with Gasteiger partial charge in [-0.3, -0.25) is 4.79 Å². The molecule has 0 saturated heterocycles. The van der Waals surface area contributed by atoms with Gasteiger partial charge >= 0.3 is 0 Å². The molecule has 0 saturated carbocycles. The van der Waals surface area contributed by atoms with Gasteiger partial charge in [-0.1, -0.05) is 12.1 Å². The van der Waals surface area contributed by atoms with Crippen LogP contribution in [0.2, 0.25) is 0 Å². The van der Waals surface area contributed by atoms with Crippen molar-refractivity contribution < 1.29 is 0 Å². The lowest BCUT2D eigenvalue weighted by atomic mass is 10.0. The molecular weight excluding hydrogens is 224 g/mol. The molecule has 1 N–H and O–H groups in total. The summed E-state index contributed by atoms with van der Waals surface area (Å²) in [5.74, 6) is 0. The molecule has 0 atom stereocenters. The van der Waals surface area contributed by atoms with Crippen LogP contribution in [-0.2, 0) is 0 Å². The highest BCUT2D eigenvalue weighted by molar-refractivity contribution is 5.64. The molecule has 90 valence electrons. The van der Waals surface area contributed by atoms with Crippen LogP contribution < -0.4 is 5.56 Å². The van der Waals surface area contributed by atoms with Gasteiger partial charge in [0.25, 0.3) is 5.56 Å². The number of benzene rings is 1. The number of aromatic amines is 1. The lowest BCUT2D eigenvalue weighted by Gasteiger charge is -2.08. The van der Waals surface area contributed by atoms with Crippen molar-refractivity contribution in [2.75, 3.05) is 0 Å². The molecule has 2 rings (SSSR count). The molecule has 0 fully saturated rings. The summed E-state index contributed by atoms with van der Waals surface area (Å²) in [6.07, 6.45) is 0. The van der Waals surface area contributed by atoms with Gasteiger partial charge < -0.3 is 4.98 Å². The maximum absolute atomic E-state index is 11.7. The van der Waals surface area contributed by atoms with E-state index < -0.39 is 0 Å². The highest BCUT2D eigenvalue weighted by Gasteiger charge is 2.07. The Balaban J connectivity index is 2.65. The SMILES string of the molecule is Cc1ccc(-c2[nH]c(=O)c(C#N)cc2C)cc1C. The van der Waals surface area contributed by atoms with E-state index in [-0.39, 0.29) is 11.1 Å². The second kappa shape index (κ2) is 4.50. The predicted molar refractivity (Wildman–Crippen MR) is 71.4 cm³/mol. The summed E-state index contributed by atoms with van der Waals surface area (Å²) in [7, 11) is 0. The maximum atomic E-state index is 11.7. The van der Waals surface area contributed by atoms with Crippen molar-refractivity contribution in [1.82, 2.24) is 4.98 Å². The summed E-state index contributed by atoms with van der Waals surface area (Å²) in [6.45, 7) is 5.98. The zero-order valence-electron chi connectivity index (χ0n) is 10.7. The standard InChI is InChI=1S/C15H14N2O/c1-9-4-5-12(6-10(9)2)14-11(3)7-13(8-16)15(18)17-14/h4-7H,1-3H3,(H,17,18). The van der Waals surface area contributed by atoms with Gasteiger partial charge in [0.05, 0.1) is 5.69 Å². The molecule has 2 aromatic rings. The van der Waals surface area contributed by atoms with Crippen LogP contribution in [0.15, 0.2) is 29.1 Å². The quantitative estimate of drug-likeness (QED) is 0.830. The minimum Gasteiger partial charge on any atom is -0.321 e. The van der Waals surface area contributed by atoms with Crippen molar-refractivity contribution in [2.45, 2.75) is 20.8 Å². The van der Waals surface area contributed by atoms with E-state index in [9.17, 15) is 4.79 Å². The van der Waals surface area contributed by atoms with Gasteiger partial charge in [-0.05, 0) is 55.2 Å². The number of nitriles is 1. The number of hydrogen-bond acceptors (Lipinski definition) is 2. The average Bonchev–Trinajstić information content (AvgIpc) is 2.35. The van der Waals surface area contributed by atoms with Gasteiger partial charge in [-0.25, -0.2) is 0 Å². The van der Waals surface area contributed by atoms with Crippen molar-refractivity contribution >= 4 is 0 Å². The topological polar surface area (TPSA) is 56.6 Å². The molecule has 0 unspecified atom stereocenters. The number of hydrogen-bond donors (Lipinski definition) is 1. The smallest absolute Gasteiger partial charge is 0.266 e. The normalized spacial score (nSPS) is 10.1. The number of aromatic nitrogens is 1. The first-order valence-corrected chi connectivity index (χ1v) is 5.74. The van der Waals surface area contributed by atoms with E-state index in [0.29, 0.717) is 0 Å². The number of rotatable bonds is 1. The fourth-order valence-corrected chi connectivity index (χ4v) is 1.91. The Labute approximate surface area is 106 Å². The van der Waals surface area contributed by atoms with Crippen LogP contribution in [-0.4, -0.2) is 4.98 Å². The average molecular weight is 238 g/mol. The fourth-order valence-electron chi connectivity index (χ4n) is 1.91. The molecule has 18 heavy (non-hydrogen) atoms. The Morgan fingerprint density at radius 3 is 2.39 bits per heavy atom. The van der Waals surface area contributed by atoms with Crippen molar-refractivity contribution in [3.05, 3.63) is 56.9 Å². The molecule has 1 heterocycles. The van der Waals surface area contributed by atoms with Gasteiger partial charge in [0.15, 0.2) is 0 Å². The Kier molecular flexibility index (Phi) is 3.03. The molecule has 3 nitrogen and oxygen atoms in total. The Morgan fingerprint density at radius 1 is 1.06 bits per heavy atom. The van der Waals surface area contributed by atoms with Gasteiger partial charge in [-0.2, -0.15) is 5.26 Å². The zero-order valence-corrected chi connectivity index (χ0v) is 10.7. The number of aryl methyl sites for hydroxylation is 3. The van der Waals surface area contributed by atoms with E-state index >= 15 is 0 Å². The Morgan fingerprint density at radius 2 is 1.78 bits per heavy atom. The van der Waals surface area contributed by atoms with Crippen LogP contribution in [0.25, 0.3) is 11.3 Å². The zero-order chi connectivity index (χ0) is 13.3. The monoisotopic (exact) mass is 238 g/mol. The molecule has 0 aliphatic rings. The van der Waals surface area contributed by atoms with E-state index in [4.69, 9.17) is 5.26 Å². The van der Waals surface area contributed by atoms with Crippen LogP contribution in [0.3, 0.4) is 0 Å². The van der Waals surface area contributed by atoms with Crippen LogP contribution in [0, 0.1) is 32.1 Å². The number of pyridine rings is 1. The first kappa shape index (κ1) is 12.1. The lowest BCUT2D eigenvalue weighted by molar-refractivity contribution is 1.18. The highest BCUT2D eigenvalue weighted by atomic mass is 16.1. The second-order valence-corrected chi connectivity index (χ2v) is 4.48. The highest BCUT2D eigenvalue weighted by Crippen LogP contribution is 2.22. The summed E-state index contributed by atoms with van der Waals surface area (Å²) >= 11 is 0. The molecule has 0 amide bonds. The number of nitrogens with zero attached hydrogens (tertiary/aromatic N) is 1. The minimum absolute atomic E-state index is 0.153. The Bertz CT molecular complexity index is 705. The van der Waals surface area contributed by atoms with E-state index in [1.165, 1.54) is 11.1 Å². The molecule has 3 heteroatoms. The van der Waals surface area contributed by atoms with Crippen molar-refractivity contribution in [2.24, 2.45) is 0 Å². The second-order valence-electron chi connectivity index (χ2n) is 4.48. The van der Waals surface area contributed by atoms with Gasteiger partial charge in [0.2, 0.25) is 0 Å². The molecule has 0 aliphatic heterocycles. The van der Waals surface area contributed by atoms with E-state index in [2.05, 4.69) is 4.98 Å². The third-order valence-electron chi connectivity index (χ3n) is 3.15. The van der Waals surface area contributed by atoms with E-state index in [0.717, 1.165) is 16.8 Å². The first-order chi connectivity index (χ1) is 8.52. The van der Waals surface area contributed by atoms with Gasteiger partial charge in [0, 0.05) is 0 Å². The summed E-state index contributed by atoms with van der Waals surface area (Å²) in [6, 6.07) is 9.57. The van der Waals surface area contributed by atoms with Crippen molar-refractivity contribution in [3.63, 3.8) is 0 Å². The van der Waals surface area contributed by atoms with Crippen molar-refractivity contribution in [1.29, 1.82) is 5.26 Å². The summed E-state index contributed by atoms with van der Waals surface area (Å²) in [5, 5.41) is 8.81. The molecule has 1 aromatic carbocycles. The molecule has 1 aromatic heterocycles. The number of H-pyrrole nitrogens is 1. The van der Waals surface area contributed by atoms with Crippen LogP contribution in [0.5, 0.6) is 0 Å². The van der Waals surface area contributed by atoms with Crippen molar-refractivity contribution in [3.8, 4) is 17.3 Å². The third kappa shape index (κ3) is 2.05. The Hall–Kier alpha value is -2.34. The van der Waals surface area contributed by atoms with E-state index in [1.807, 2.05) is 45.0 Å². The molecule has 0 bridgehead atoms. The first-order valence-electron chi connectivity index (χ1n) is 5.74. The molecule has 0 aliphatic carbocycles. The summed E-state index contributed by atoms with van der Waals surface area (Å²) < 4.78 is 0. The third-order valence-corrected chi connectivity index (χ3v) is 3.15. The number of nitrogens with one attached hydrogen (secondary N) is 1.